The summed E-state index contributed by atoms with van der Waals surface area (Å²) in [4.78, 5) is 12.1. The van der Waals surface area contributed by atoms with Crippen LogP contribution in [0.15, 0.2) is 41.4 Å². The minimum atomic E-state index is -4.69. The van der Waals surface area contributed by atoms with Gasteiger partial charge in [-0.05, 0) is 45.4 Å². The molecule has 0 bridgehead atoms. The van der Waals surface area contributed by atoms with Crippen LogP contribution in [0.3, 0.4) is 0 Å². The molecule has 1 aliphatic carbocycles. The van der Waals surface area contributed by atoms with E-state index in [-0.39, 0.29) is 29.0 Å². The number of ether oxygens (including phenoxy) is 2. The number of carbonyl (C=O) groups is 1. The monoisotopic (exact) mass is 417 g/mol. The van der Waals surface area contributed by atoms with Gasteiger partial charge in [-0.15, -0.1) is 0 Å². The predicted molar refractivity (Wildman–Crippen MR) is 98.7 cm³/mol. The highest BCUT2D eigenvalue weighted by Gasteiger charge is 2.33. The number of hydrogen-bond acceptors (Lipinski definition) is 4. The number of hydrogen-bond donors (Lipinski definition) is 2. The van der Waals surface area contributed by atoms with Crippen molar-refractivity contribution < 1.29 is 36.9 Å². The van der Waals surface area contributed by atoms with Gasteiger partial charge in [0.15, 0.2) is 5.83 Å². The van der Waals surface area contributed by atoms with Crippen LogP contribution in [0.5, 0.6) is 0 Å². The number of aliphatic hydroxyl groups is 1. The molecule has 0 radical (unpaired) electrons. The van der Waals surface area contributed by atoms with Crippen molar-refractivity contribution in [1.29, 1.82) is 0 Å². The molecule has 0 heterocycles. The van der Waals surface area contributed by atoms with Gasteiger partial charge in [0.1, 0.15) is 17.5 Å². The highest BCUT2D eigenvalue weighted by Crippen LogP contribution is 2.40. The summed E-state index contributed by atoms with van der Waals surface area (Å²) in [7, 11) is 1.27. The zero-order chi connectivity index (χ0) is 22.0. The summed E-state index contributed by atoms with van der Waals surface area (Å²) in [5.74, 6) is -0.845. The van der Waals surface area contributed by atoms with Crippen molar-refractivity contribution in [2.45, 2.75) is 51.5 Å². The fraction of sp³-hybridized carbons (Fsp3) is 0.450. The highest BCUT2D eigenvalue weighted by molar-refractivity contribution is 5.86. The molecular formula is C20H23F4NO4. The topological polar surface area (TPSA) is 67.8 Å². The van der Waals surface area contributed by atoms with Crippen molar-refractivity contribution in [2.24, 2.45) is 0 Å². The molecule has 1 aliphatic rings. The van der Waals surface area contributed by atoms with Gasteiger partial charge in [-0.25, -0.2) is 9.18 Å². The zero-order valence-corrected chi connectivity index (χ0v) is 16.5. The van der Waals surface area contributed by atoms with Gasteiger partial charge in [0.2, 0.25) is 0 Å². The third-order valence-electron chi connectivity index (χ3n) is 4.08. The quantitative estimate of drug-likeness (QED) is 0.623. The standard InChI is InChI=1S/C20H23F4NO4/c1-19(2,3)29-18(27)25-14-9-8-11(20(22,23)24)10-13(14)17(26)12-6-5-7-15(28-4)16(12)21/h6,8-10,17,26H,5,7H2,1-4H3,(H,25,27). The van der Waals surface area contributed by atoms with Crippen LogP contribution in [0.4, 0.5) is 28.0 Å². The highest BCUT2D eigenvalue weighted by atomic mass is 19.4. The number of aliphatic hydroxyl groups excluding tert-OH is 1. The number of allylic oxidation sites excluding steroid dienone is 2. The Morgan fingerprint density at radius 2 is 1.90 bits per heavy atom. The van der Waals surface area contributed by atoms with Gasteiger partial charge in [-0.3, -0.25) is 5.32 Å². The summed E-state index contributed by atoms with van der Waals surface area (Å²) in [5, 5.41) is 13.0. The van der Waals surface area contributed by atoms with Gasteiger partial charge in [0.25, 0.3) is 0 Å². The lowest BCUT2D eigenvalue weighted by Gasteiger charge is -2.24. The summed E-state index contributed by atoms with van der Waals surface area (Å²) in [6.07, 6.45) is -5.36. The number of benzene rings is 1. The fourth-order valence-electron chi connectivity index (χ4n) is 2.80. The smallest absolute Gasteiger partial charge is 0.416 e. The van der Waals surface area contributed by atoms with Crippen LogP contribution < -0.4 is 5.32 Å². The molecule has 0 spiro atoms. The van der Waals surface area contributed by atoms with E-state index in [1.807, 2.05) is 0 Å². The van der Waals surface area contributed by atoms with E-state index in [0.29, 0.717) is 12.5 Å². The van der Waals surface area contributed by atoms with E-state index in [1.165, 1.54) is 13.2 Å². The van der Waals surface area contributed by atoms with Crippen LogP contribution in [0.25, 0.3) is 0 Å². The average molecular weight is 417 g/mol. The van der Waals surface area contributed by atoms with Crippen molar-refractivity contribution in [3.8, 4) is 0 Å². The number of nitrogens with one attached hydrogen (secondary N) is 1. The van der Waals surface area contributed by atoms with E-state index in [4.69, 9.17) is 9.47 Å². The summed E-state index contributed by atoms with van der Waals surface area (Å²) in [5.41, 5.74) is -2.56. The number of amides is 1. The van der Waals surface area contributed by atoms with Crippen LogP contribution in [-0.4, -0.2) is 23.9 Å². The Hall–Kier alpha value is -2.55. The minimum Gasteiger partial charge on any atom is -0.498 e. The molecule has 2 rings (SSSR count). The largest absolute Gasteiger partial charge is 0.498 e. The summed E-state index contributed by atoms with van der Waals surface area (Å²) in [6.45, 7) is 4.86. The molecule has 1 atom stereocenters. The van der Waals surface area contributed by atoms with E-state index in [9.17, 15) is 27.5 Å². The molecule has 0 aromatic heterocycles. The maximum atomic E-state index is 14.6. The Labute approximate surface area is 166 Å². The van der Waals surface area contributed by atoms with E-state index in [0.717, 1.165) is 12.1 Å². The number of carbonyl (C=O) groups excluding carboxylic acids is 1. The Kier molecular flexibility index (Phi) is 6.62. The van der Waals surface area contributed by atoms with Gasteiger partial charge < -0.3 is 14.6 Å². The first-order chi connectivity index (χ1) is 13.3. The predicted octanol–water partition coefficient (Wildman–Crippen LogP) is 5.63. The Bertz CT molecular complexity index is 838. The van der Waals surface area contributed by atoms with Gasteiger partial charge in [0, 0.05) is 17.6 Å². The molecule has 9 heteroatoms. The molecule has 2 N–H and O–H groups in total. The molecule has 160 valence electrons. The van der Waals surface area contributed by atoms with Gasteiger partial charge in [-0.1, -0.05) is 6.08 Å². The molecule has 0 saturated heterocycles. The van der Waals surface area contributed by atoms with Crippen LogP contribution in [-0.2, 0) is 15.7 Å². The van der Waals surface area contributed by atoms with Crippen LogP contribution in [0.2, 0.25) is 0 Å². The van der Waals surface area contributed by atoms with Crippen molar-refractivity contribution in [1.82, 2.24) is 0 Å². The first kappa shape index (κ1) is 22.7. The molecule has 0 fully saturated rings. The third-order valence-corrected chi connectivity index (χ3v) is 4.08. The van der Waals surface area contributed by atoms with Crippen molar-refractivity contribution in [2.75, 3.05) is 12.4 Å². The third kappa shape index (κ3) is 5.72. The summed E-state index contributed by atoms with van der Waals surface area (Å²) >= 11 is 0. The molecule has 0 saturated carbocycles. The first-order valence-corrected chi connectivity index (χ1v) is 8.85. The molecule has 1 aromatic rings. The molecule has 5 nitrogen and oxygen atoms in total. The fourth-order valence-corrected chi connectivity index (χ4v) is 2.80. The molecule has 29 heavy (non-hydrogen) atoms. The second kappa shape index (κ2) is 8.44. The molecule has 1 amide bonds. The average Bonchev–Trinajstić information content (AvgIpc) is 2.59. The van der Waals surface area contributed by atoms with Gasteiger partial charge in [0.05, 0.1) is 18.4 Å². The SMILES string of the molecule is COC1=C(F)C(C(O)c2cc(C(F)(F)F)ccc2NC(=O)OC(C)(C)C)=CCC1. The maximum Gasteiger partial charge on any atom is 0.416 e. The molecule has 0 aliphatic heterocycles. The second-order valence-electron chi connectivity index (χ2n) is 7.47. The second-order valence-corrected chi connectivity index (χ2v) is 7.47. The van der Waals surface area contributed by atoms with Crippen molar-refractivity contribution in [3.63, 3.8) is 0 Å². The number of anilines is 1. The van der Waals surface area contributed by atoms with E-state index < -0.39 is 35.4 Å². The minimum absolute atomic E-state index is 0.00447. The molecular weight excluding hydrogens is 394 g/mol. The molecule has 1 aromatic carbocycles. The maximum absolute atomic E-state index is 14.6. The van der Waals surface area contributed by atoms with Crippen molar-refractivity contribution in [3.05, 3.63) is 52.6 Å². The number of halogens is 4. The van der Waals surface area contributed by atoms with E-state index >= 15 is 0 Å². The number of methoxy groups -OCH3 is 1. The lowest BCUT2D eigenvalue weighted by Crippen LogP contribution is -2.28. The Balaban J connectivity index is 2.47. The number of alkyl halides is 3. The first-order valence-electron chi connectivity index (χ1n) is 8.85. The normalized spacial score (nSPS) is 16.2. The molecule has 1 unspecified atom stereocenters. The van der Waals surface area contributed by atoms with E-state index in [1.54, 1.807) is 20.8 Å². The van der Waals surface area contributed by atoms with E-state index in [2.05, 4.69) is 5.32 Å². The van der Waals surface area contributed by atoms with Crippen molar-refractivity contribution >= 4 is 11.8 Å². The Morgan fingerprint density at radius 3 is 2.45 bits per heavy atom. The summed E-state index contributed by atoms with van der Waals surface area (Å²) < 4.78 is 64.1. The lowest BCUT2D eigenvalue weighted by atomic mass is 9.92. The van der Waals surface area contributed by atoms with Gasteiger partial charge >= 0.3 is 12.3 Å². The van der Waals surface area contributed by atoms with Gasteiger partial charge in [-0.2, -0.15) is 13.2 Å². The van der Waals surface area contributed by atoms with Crippen LogP contribution in [0, 0.1) is 0 Å². The number of rotatable bonds is 4. The Morgan fingerprint density at radius 1 is 1.24 bits per heavy atom. The zero-order valence-electron chi connectivity index (χ0n) is 16.5. The van der Waals surface area contributed by atoms with Crippen LogP contribution >= 0.6 is 0 Å². The summed E-state index contributed by atoms with van der Waals surface area (Å²) in [6, 6.07) is 2.42. The van der Waals surface area contributed by atoms with Crippen LogP contribution in [0.1, 0.15) is 50.8 Å². The lowest BCUT2D eigenvalue weighted by molar-refractivity contribution is -0.137.